The van der Waals surface area contributed by atoms with Crippen molar-refractivity contribution in [2.45, 2.75) is 63.1 Å². The second kappa shape index (κ2) is 7.22. The van der Waals surface area contributed by atoms with Crippen molar-refractivity contribution in [3.8, 4) is 0 Å². The highest BCUT2D eigenvalue weighted by atomic mass is 16.5. The molecule has 10 nitrogen and oxygen atoms in total. The van der Waals surface area contributed by atoms with Gasteiger partial charge in [0.25, 0.3) is 0 Å². The summed E-state index contributed by atoms with van der Waals surface area (Å²) in [6, 6.07) is -1.83. The summed E-state index contributed by atoms with van der Waals surface area (Å²) >= 11 is 0. The maximum absolute atomic E-state index is 11.7. The molecule has 3 unspecified atom stereocenters. The third-order valence-electron chi connectivity index (χ3n) is 4.09. The maximum Gasteiger partial charge on any atom is 0.407 e. The van der Waals surface area contributed by atoms with E-state index in [1.54, 1.807) is 0 Å². The fraction of sp³-hybridized carbons (Fsp3) is 0.786. The van der Waals surface area contributed by atoms with Gasteiger partial charge in [0.1, 0.15) is 6.61 Å². The summed E-state index contributed by atoms with van der Waals surface area (Å²) in [5, 5.41) is 26.3. The lowest BCUT2D eigenvalue weighted by Crippen LogP contribution is -2.92. The molecule has 1 amide bonds. The van der Waals surface area contributed by atoms with E-state index >= 15 is 0 Å². The molecule has 10 heteroatoms. The number of carbonyl (C=O) groups excluding carboxylic acids is 1. The van der Waals surface area contributed by atoms with Crippen LogP contribution >= 0.6 is 0 Å². The second-order valence-corrected chi connectivity index (χ2v) is 6.61. The Labute approximate surface area is 140 Å². The summed E-state index contributed by atoms with van der Waals surface area (Å²) < 4.78 is 5.23. The zero-order valence-corrected chi connectivity index (χ0v) is 14.0. The molecule has 0 aliphatic carbocycles. The van der Waals surface area contributed by atoms with Gasteiger partial charge in [0.15, 0.2) is 18.1 Å². The van der Waals surface area contributed by atoms with Gasteiger partial charge < -0.3 is 20.3 Å². The number of hydrogen-bond acceptors (Lipinski definition) is 7. The molecule has 2 aliphatic rings. The maximum atomic E-state index is 11.7. The van der Waals surface area contributed by atoms with Gasteiger partial charge >= 0.3 is 12.1 Å². The Balaban J connectivity index is 2.17. The van der Waals surface area contributed by atoms with Crippen LogP contribution < -0.4 is 32.1 Å². The molecule has 0 fully saturated rings. The van der Waals surface area contributed by atoms with E-state index in [2.05, 4.69) is 20.6 Å². The van der Waals surface area contributed by atoms with Gasteiger partial charge in [-0.05, 0) is 20.3 Å². The molecule has 0 bridgehead atoms. The predicted molar refractivity (Wildman–Crippen MR) is 85.5 cm³/mol. The third-order valence-corrected chi connectivity index (χ3v) is 4.09. The third kappa shape index (κ3) is 4.48. The van der Waals surface area contributed by atoms with Crippen LogP contribution in [0.5, 0.6) is 0 Å². The van der Waals surface area contributed by atoms with Crippen LogP contribution in [0, 0.1) is 0 Å². The smallest absolute Gasteiger partial charge is 0.407 e. The molecule has 0 saturated heterocycles. The van der Waals surface area contributed by atoms with E-state index < -0.39 is 30.0 Å². The van der Waals surface area contributed by atoms with Crippen LogP contribution in [0.1, 0.15) is 33.1 Å². The second-order valence-electron chi connectivity index (χ2n) is 6.61. The van der Waals surface area contributed by atoms with Crippen molar-refractivity contribution < 1.29 is 29.7 Å². The number of hydrogen-bond donors (Lipinski definition) is 8. The van der Waals surface area contributed by atoms with Crippen LogP contribution in [0.25, 0.3) is 0 Å². The average molecular weight is 344 g/mol. The number of nitrogens with two attached hydrogens (primary N) is 2. The average Bonchev–Trinajstić information content (AvgIpc) is 2.85. The normalized spacial score (nSPS) is 29.3. The van der Waals surface area contributed by atoms with E-state index in [0.29, 0.717) is 18.7 Å². The summed E-state index contributed by atoms with van der Waals surface area (Å²) in [6.45, 7) is 3.63. The number of alkyl carbamates (subject to hydrolysis) is 1. The molecule has 3 atom stereocenters. The molecular weight excluding hydrogens is 316 g/mol. The number of carbonyl (C=O) groups is 1. The van der Waals surface area contributed by atoms with E-state index in [-0.39, 0.29) is 25.0 Å². The molecule has 0 saturated carbocycles. The minimum atomic E-state index is -1.97. The molecule has 0 radical (unpaired) electrons. The fourth-order valence-electron chi connectivity index (χ4n) is 2.98. The van der Waals surface area contributed by atoms with Crippen LogP contribution in [0.2, 0.25) is 0 Å². The number of guanidine groups is 1. The van der Waals surface area contributed by atoms with Crippen molar-refractivity contribution >= 4 is 17.9 Å². The molecule has 0 aromatic rings. The molecule has 2 aliphatic heterocycles. The first-order valence-electron chi connectivity index (χ1n) is 8.10. The number of rotatable bonds is 3. The minimum Gasteiger partial charge on any atom is -0.445 e. The lowest BCUT2D eigenvalue weighted by Gasteiger charge is -2.29. The summed E-state index contributed by atoms with van der Waals surface area (Å²) in [7, 11) is 0. The molecule has 136 valence electrons. The van der Waals surface area contributed by atoms with Crippen molar-refractivity contribution in [3.63, 3.8) is 0 Å². The van der Waals surface area contributed by atoms with Crippen molar-refractivity contribution in [3.05, 3.63) is 0 Å². The number of ether oxygens (including phenoxy) is 1. The van der Waals surface area contributed by atoms with Crippen molar-refractivity contribution in [2.75, 3.05) is 6.61 Å². The van der Waals surface area contributed by atoms with Crippen LogP contribution in [-0.2, 0) is 4.74 Å². The molecule has 2 rings (SSSR count). The minimum absolute atomic E-state index is 0.0154. The summed E-state index contributed by atoms with van der Waals surface area (Å²) in [4.78, 5) is 17.7. The number of fused-ring (bicyclic) bond motifs is 1. The van der Waals surface area contributed by atoms with Gasteiger partial charge in [-0.15, -0.1) is 0 Å². The largest absolute Gasteiger partial charge is 0.445 e. The van der Waals surface area contributed by atoms with E-state index in [4.69, 9.17) is 16.2 Å². The van der Waals surface area contributed by atoms with E-state index in [1.165, 1.54) is 0 Å². The zero-order valence-electron chi connectivity index (χ0n) is 14.0. The van der Waals surface area contributed by atoms with Crippen molar-refractivity contribution in [2.24, 2.45) is 11.5 Å². The topological polar surface area (TPSA) is 171 Å². The molecule has 0 aromatic carbocycles. The van der Waals surface area contributed by atoms with Gasteiger partial charge in [-0.25, -0.2) is 4.79 Å². The lowest BCUT2D eigenvalue weighted by atomic mass is 9.92. The predicted octanol–water partition coefficient (Wildman–Crippen LogP) is -5.47. The van der Waals surface area contributed by atoms with Gasteiger partial charge in [-0.2, -0.15) is 0 Å². The van der Waals surface area contributed by atoms with Gasteiger partial charge in [-0.3, -0.25) is 26.8 Å². The van der Waals surface area contributed by atoms with Crippen LogP contribution in [0.15, 0.2) is 0 Å². The van der Waals surface area contributed by atoms with Gasteiger partial charge in [0, 0.05) is 18.9 Å². The molecule has 0 aromatic heterocycles. The zero-order chi connectivity index (χ0) is 17.9. The van der Waals surface area contributed by atoms with E-state index in [0.717, 1.165) is 0 Å². The van der Waals surface area contributed by atoms with E-state index in [9.17, 15) is 15.0 Å². The molecule has 24 heavy (non-hydrogen) atoms. The highest BCUT2D eigenvalue weighted by molar-refractivity contribution is 5.75. The highest BCUT2D eigenvalue weighted by Gasteiger charge is 2.51. The van der Waals surface area contributed by atoms with Crippen molar-refractivity contribution in [1.82, 2.24) is 10.6 Å². The SMILES string of the molecule is CC(C)NC(=O)OCC1[NH+]=C(N)CCCC(O)(O)C2[NH+]=C(N)NC12. The lowest BCUT2D eigenvalue weighted by molar-refractivity contribution is -0.567. The number of amides is 1. The quantitative estimate of drug-likeness (QED) is 0.236. The first kappa shape index (κ1) is 18.3. The molecule has 2 heterocycles. The number of aliphatic hydroxyl groups is 2. The van der Waals surface area contributed by atoms with Crippen LogP contribution in [0.4, 0.5) is 4.79 Å². The first-order chi connectivity index (χ1) is 11.2. The molecular formula is C14H28N6O4+2. The Morgan fingerprint density at radius 2 is 2.17 bits per heavy atom. The van der Waals surface area contributed by atoms with Gasteiger partial charge in [0.05, 0.1) is 0 Å². The van der Waals surface area contributed by atoms with Crippen LogP contribution in [-0.4, -0.2) is 64.7 Å². The Morgan fingerprint density at radius 3 is 2.83 bits per heavy atom. The van der Waals surface area contributed by atoms with Gasteiger partial charge in [-0.1, -0.05) is 0 Å². The van der Waals surface area contributed by atoms with Gasteiger partial charge in [0.2, 0.25) is 11.6 Å². The summed E-state index contributed by atoms with van der Waals surface area (Å²) in [5.74, 6) is -1.24. The Morgan fingerprint density at radius 1 is 1.46 bits per heavy atom. The Bertz CT molecular complexity index is 533. The summed E-state index contributed by atoms with van der Waals surface area (Å²) in [6.07, 6.45) is 0.567. The molecule has 10 N–H and O–H groups in total. The molecule has 0 spiro atoms. The monoisotopic (exact) mass is 344 g/mol. The number of amidine groups is 1. The first-order valence-corrected chi connectivity index (χ1v) is 8.10. The Kier molecular flexibility index (Phi) is 5.50. The van der Waals surface area contributed by atoms with E-state index in [1.807, 2.05) is 13.8 Å². The Hall–Kier alpha value is -2.07. The standard InChI is InChI=1S/C14H26N6O4/c1-7(2)17-13(21)24-6-8-10-11(20-12(16)19-10)14(22,23)5-3-4-9(15)18-8/h7-8,10-11,22-23H,3-6H2,1-2H3,(H2,15,18)(H,17,21)(H3,16,19,20)/p+2. The van der Waals surface area contributed by atoms with Crippen molar-refractivity contribution in [1.29, 1.82) is 0 Å². The fourth-order valence-corrected chi connectivity index (χ4v) is 2.98. The summed E-state index contributed by atoms with van der Waals surface area (Å²) in [5.41, 5.74) is 11.7. The highest BCUT2D eigenvalue weighted by Crippen LogP contribution is 2.18. The number of nitrogens with one attached hydrogen (secondary N) is 4. The van der Waals surface area contributed by atoms with Crippen LogP contribution in [0.3, 0.4) is 0 Å².